The Morgan fingerprint density at radius 3 is 3.00 bits per heavy atom. The molecule has 0 spiro atoms. The molecule has 12 heavy (non-hydrogen) atoms. The number of imidazole rings is 1. The van der Waals surface area contributed by atoms with Crippen LogP contribution in [-0.4, -0.2) is 15.6 Å². The van der Waals surface area contributed by atoms with Gasteiger partial charge in [-0.25, -0.2) is 4.98 Å². The number of hydrogen-bond donors (Lipinski definition) is 1. The minimum absolute atomic E-state index is 0. The van der Waals surface area contributed by atoms with Crippen LogP contribution in [-0.2, 0) is 13.0 Å². The number of rotatable bonds is 0. The van der Waals surface area contributed by atoms with E-state index in [-0.39, 0.29) is 24.8 Å². The van der Waals surface area contributed by atoms with Crippen LogP contribution in [0.2, 0.25) is 0 Å². The summed E-state index contributed by atoms with van der Waals surface area (Å²) in [5, 5.41) is 0. The minimum Gasteiger partial charge on any atom is -0.335 e. The molecule has 1 aromatic heterocycles. The van der Waals surface area contributed by atoms with Gasteiger partial charge >= 0.3 is 0 Å². The molecule has 1 aromatic rings. The lowest BCUT2D eigenvalue weighted by Gasteiger charge is -2.18. The Kier molecular flexibility index (Phi) is 4.60. The van der Waals surface area contributed by atoms with E-state index in [2.05, 4.69) is 9.55 Å². The van der Waals surface area contributed by atoms with Gasteiger partial charge in [-0.05, 0) is 6.42 Å². The van der Waals surface area contributed by atoms with E-state index in [0.717, 1.165) is 25.2 Å². The van der Waals surface area contributed by atoms with E-state index < -0.39 is 0 Å². The second-order valence-electron chi connectivity index (χ2n) is 2.79. The van der Waals surface area contributed by atoms with Crippen molar-refractivity contribution in [3.8, 4) is 0 Å². The maximum atomic E-state index is 5.76. The summed E-state index contributed by atoms with van der Waals surface area (Å²) >= 11 is 0. The SMILES string of the molecule is Cl.Cl.N[C@@H]1CCn2ccnc2C1. The Labute approximate surface area is 84.2 Å². The largest absolute Gasteiger partial charge is 0.335 e. The van der Waals surface area contributed by atoms with E-state index in [0.29, 0.717) is 6.04 Å². The predicted octanol–water partition coefficient (Wildman–Crippen LogP) is 1.00. The zero-order valence-corrected chi connectivity index (χ0v) is 8.27. The molecule has 0 fully saturated rings. The van der Waals surface area contributed by atoms with Crippen LogP contribution in [0.15, 0.2) is 12.4 Å². The molecule has 3 nitrogen and oxygen atoms in total. The van der Waals surface area contributed by atoms with E-state index in [1.54, 1.807) is 0 Å². The van der Waals surface area contributed by atoms with Gasteiger partial charge in [-0.15, -0.1) is 24.8 Å². The molecule has 1 aliphatic rings. The van der Waals surface area contributed by atoms with Crippen LogP contribution in [0.5, 0.6) is 0 Å². The summed E-state index contributed by atoms with van der Waals surface area (Å²) in [5.41, 5.74) is 5.76. The van der Waals surface area contributed by atoms with Crippen molar-refractivity contribution in [2.45, 2.75) is 25.4 Å². The van der Waals surface area contributed by atoms with Crippen molar-refractivity contribution >= 4 is 24.8 Å². The van der Waals surface area contributed by atoms with Crippen LogP contribution in [0.25, 0.3) is 0 Å². The third-order valence-electron chi connectivity index (χ3n) is 1.99. The molecular weight excluding hydrogens is 197 g/mol. The van der Waals surface area contributed by atoms with Gasteiger partial charge in [-0.3, -0.25) is 0 Å². The summed E-state index contributed by atoms with van der Waals surface area (Å²) in [6.07, 6.45) is 5.88. The van der Waals surface area contributed by atoms with Crippen molar-refractivity contribution in [3.05, 3.63) is 18.2 Å². The summed E-state index contributed by atoms with van der Waals surface area (Å²) in [6, 6.07) is 0.329. The van der Waals surface area contributed by atoms with E-state index in [1.807, 2.05) is 12.4 Å². The van der Waals surface area contributed by atoms with Gasteiger partial charge in [0.2, 0.25) is 0 Å². The van der Waals surface area contributed by atoms with E-state index in [4.69, 9.17) is 5.73 Å². The van der Waals surface area contributed by atoms with Gasteiger partial charge < -0.3 is 10.3 Å². The Hall–Kier alpha value is -0.250. The molecule has 0 saturated heterocycles. The van der Waals surface area contributed by atoms with Crippen molar-refractivity contribution < 1.29 is 0 Å². The zero-order chi connectivity index (χ0) is 6.97. The Morgan fingerprint density at radius 2 is 2.25 bits per heavy atom. The molecule has 0 radical (unpaired) electrons. The molecule has 2 N–H and O–H groups in total. The first-order valence-corrected chi connectivity index (χ1v) is 3.62. The highest BCUT2D eigenvalue weighted by Gasteiger charge is 2.14. The van der Waals surface area contributed by atoms with Crippen LogP contribution in [0.3, 0.4) is 0 Å². The smallest absolute Gasteiger partial charge is 0.110 e. The molecule has 2 rings (SSSR count). The molecule has 1 atom stereocenters. The number of halogens is 2. The summed E-state index contributed by atoms with van der Waals surface area (Å²) < 4.78 is 2.17. The van der Waals surface area contributed by atoms with Crippen molar-refractivity contribution in [1.82, 2.24) is 9.55 Å². The molecule has 1 aliphatic heterocycles. The van der Waals surface area contributed by atoms with Gasteiger partial charge in [-0.1, -0.05) is 0 Å². The van der Waals surface area contributed by atoms with Gasteiger partial charge in [0.25, 0.3) is 0 Å². The highest BCUT2D eigenvalue weighted by atomic mass is 35.5. The topological polar surface area (TPSA) is 43.8 Å². The molecule has 0 amide bonds. The van der Waals surface area contributed by atoms with Gasteiger partial charge in [0.05, 0.1) is 0 Å². The lowest BCUT2D eigenvalue weighted by atomic mass is 10.1. The molecule has 0 saturated carbocycles. The van der Waals surface area contributed by atoms with Crippen molar-refractivity contribution in [2.75, 3.05) is 0 Å². The van der Waals surface area contributed by atoms with Crippen LogP contribution in [0, 0.1) is 0 Å². The second-order valence-corrected chi connectivity index (χ2v) is 2.79. The van der Waals surface area contributed by atoms with Crippen LogP contribution >= 0.6 is 24.8 Å². The number of nitrogens with two attached hydrogens (primary N) is 1. The van der Waals surface area contributed by atoms with Crippen LogP contribution in [0.4, 0.5) is 0 Å². The normalized spacial score (nSPS) is 20.2. The van der Waals surface area contributed by atoms with Crippen LogP contribution < -0.4 is 5.73 Å². The first-order valence-electron chi connectivity index (χ1n) is 3.62. The summed E-state index contributed by atoms with van der Waals surface area (Å²) in [7, 11) is 0. The maximum absolute atomic E-state index is 5.76. The zero-order valence-electron chi connectivity index (χ0n) is 6.64. The maximum Gasteiger partial charge on any atom is 0.110 e. The fourth-order valence-electron chi connectivity index (χ4n) is 1.38. The van der Waals surface area contributed by atoms with E-state index in [9.17, 15) is 0 Å². The molecule has 5 heteroatoms. The lowest BCUT2D eigenvalue weighted by Crippen LogP contribution is -2.30. The van der Waals surface area contributed by atoms with Crippen LogP contribution in [0.1, 0.15) is 12.2 Å². The summed E-state index contributed by atoms with van der Waals surface area (Å²) in [5.74, 6) is 1.14. The van der Waals surface area contributed by atoms with Crippen molar-refractivity contribution in [1.29, 1.82) is 0 Å². The second kappa shape index (κ2) is 4.70. The third-order valence-corrected chi connectivity index (χ3v) is 1.99. The Morgan fingerprint density at radius 1 is 1.50 bits per heavy atom. The van der Waals surface area contributed by atoms with Gasteiger partial charge in [0.1, 0.15) is 5.82 Å². The molecule has 0 bridgehead atoms. The monoisotopic (exact) mass is 209 g/mol. The van der Waals surface area contributed by atoms with Crippen molar-refractivity contribution in [2.24, 2.45) is 5.73 Å². The number of fused-ring (bicyclic) bond motifs is 1. The third kappa shape index (κ3) is 2.12. The molecule has 0 unspecified atom stereocenters. The van der Waals surface area contributed by atoms with Crippen molar-refractivity contribution in [3.63, 3.8) is 0 Å². The molecule has 0 aliphatic carbocycles. The number of aromatic nitrogens is 2. The Bertz CT molecular complexity index is 236. The first kappa shape index (κ1) is 11.8. The molecule has 0 aromatic carbocycles. The van der Waals surface area contributed by atoms with Gasteiger partial charge in [0, 0.05) is 31.4 Å². The number of hydrogen-bond acceptors (Lipinski definition) is 2. The fourth-order valence-corrected chi connectivity index (χ4v) is 1.38. The molecule has 2 heterocycles. The summed E-state index contributed by atoms with van der Waals surface area (Å²) in [6.45, 7) is 1.04. The quantitative estimate of drug-likeness (QED) is 0.694. The average Bonchev–Trinajstić information content (AvgIpc) is 2.33. The molecular formula is C7H13Cl2N3. The number of aryl methyl sites for hydroxylation is 1. The fraction of sp³-hybridized carbons (Fsp3) is 0.571. The average molecular weight is 210 g/mol. The Balaban J connectivity index is 0.000000605. The van der Waals surface area contributed by atoms with E-state index >= 15 is 0 Å². The first-order chi connectivity index (χ1) is 4.86. The highest BCUT2D eigenvalue weighted by molar-refractivity contribution is 5.85. The number of nitrogens with zero attached hydrogens (tertiary/aromatic N) is 2. The molecule has 70 valence electrons. The summed E-state index contributed by atoms with van der Waals surface area (Å²) in [4.78, 5) is 4.19. The lowest BCUT2D eigenvalue weighted by molar-refractivity contribution is 0.463. The minimum atomic E-state index is 0. The van der Waals surface area contributed by atoms with E-state index in [1.165, 1.54) is 0 Å². The highest BCUT2D eigenvalue weighted by Crippen LogP contribution is 2.10. The predicted molar refractivity (Wildman–Crippen MR) is 53.0 cm³/mol. The van der Waals surface area contributed by atoms with Gasteiger partial charge in [0.15, 0.2) is 0 Å². The standard InChI is InChI=1S/C7H11N3.2ClH/c8-6-1-3-10-4-2-9-7(10)5-6;;/h2,4,6H,1,3,5,8H2;2*1H/t6-;;/m1../s1. The van der Waals surface area contributed by atoms with Gasteiger partial charge in [-0.2, -0.15) is 0 Å².